The summed E-state index contributed by atoms with van der Waals surface area (Å²) in [5.74, 6) is 3.53. The number of hydrogen-bond acceptors (Lipinski definition) is 3. The summed E-state index contributed by atoms with van der Waals surface area (Å²) in [6.45, 7) is 5.73. The second kappa shape index (κ2) is 6.72. The Morgan fingerprint density at radius 3 is 2.36 bits per heavy atom. The van der Waals surface area contributed by atoms with Crippen LogP contribution in [0.3, 0.4) is 0 Å². The zero-order valence-corrected chi connectivity index (χ0v) is 15.4. The Hall–Kier alpha value is -2.00. The minimum absolute atomic E-state index is 0.577. The van der Waals surface area contributed by atoms with E-state index in [1.807, 2.05) is 0 Å². The van der Waals surface area contributed by atoms with Crippen molar-refractivity contribution in [2.75, 3.05) is 33.9 Å². The highest BCUT2D eigenvalue weighted by molar-refractivity contribution is 5.51. The molecule has 1 heterocycles. The van der Waals surface area contributed by atoms with Gasteiger partial charge in [-0.25, -0.2) is 0 Å². The van der Waals surface area contributed by atoms with Crippen LogP contribution in [0.2, 0.25) is 0 Å². The van der Waals surface area contributed by atoms with E-state index in [1.54, 1.807) is 14.2 Å². The summed E-state index contributed by atoms with van der Waals surface area (Å²) in [6, 6.07) is 15.5. The fraction of sp³-hybridized carbons (Fsp3) is 0.455. The maximum absolute atomic E-state index is 5.58. The highest BCUT2D eigenvalue weighted by atomic mass is 16.5. The van der Waals surface area contributed by atoms with Crippen LogP contribution in [-0.4, -0.2) is 38.8 Å². The summed E-state index contributed by atoms with van der Waals surface area (Å²) in [5.41, 5.74) is 4.35. The third-order valence-corrected chi connectivity index (χ3v) is 6.12. The van der Waals surface area contributed by atoms with E-state index >= 15 is 0 Å². The molecule has 0 N–H and O–H groups in total. The van der Waals surface area contributed by atoms with E-state index in [2.05, 4.69) is 54.3 Å². The largest absolute Gasteiger partial charge is 0.493 e. The van der Waals surface area contributed by atoms with Gasteiger partial charge in [0.25, 0.3) is 0 Å². The highest BCUT2D eigenvalue weighted by Crippen LogP contribution is 2.50. The summed E-state index contributed by atoms with van der Waals surface area (Å²) >= 11 is 0. The maximum atomic E-state index is 5.58. The molecule has 0 spiro atoms. The molecule has 2 aromatic carbocycles. The first-order valence-electron chi connectivity index (χ1n) is 9.27. The number of rotatable bonds is 4. The van der Waals surface area contributed by atoms with E-state index in [1.165, 1.54) is 23.2 Å². The van der Waals surface area contributed by atoms with Gasteiger partial charge in [0.2, 0.25) is 0 Å². The smallest absolute Gasteiger partial charge is 0.161 e. The van der Waals surface area contributed by atoms with Gasteiger partial charge >= 0.3 is 0 Å². The Balaban J connectivity index is 1.80. The van der Waals surface area contributed by atoms with Gasteiger partial charge in [0.05, 0.1) is 14.2 Å². The van der Waals surface area contributed by atoms with Crippen LogP contribution >= 0.6 is 0 Å². The first-order valence-corrected chi connectivity index (χ1v) is 9.27. The van der Waals surface area contributed by atoms with E-state index in [-0.39, 0.29) is 0 Å². The molecule has 1 saturated heterocycles. The van der Waals surface area contributed by atoms with Gasteiger partial charge in [-0.15, -0.1) is 0 Å². The van der Waals surface area contributed by atoms with Crippen molar-refractivity contribution < 1.29 is 9.47 Å². The normalized spacial score (nSPS) is 25.3. The maximum Gasteiger partial charge on any atom is 0.161 e. The fourth-order valence-electron chi connectivity index (χ4n) is 4.82. The third-order valence-electron chi connectivity index (χ3n) is 6.12. The summed E-state index contributed by atoms with van der Waals surface area (Å²) < 4.78 is 11.1. The molecule has 3 unspecified atom stereocenters. The summed E-state index contributed by atoms with van der Waals surface area (Å²) in [4.78, 5) is 2.59. The molecule has 3 atom stereocenters. The van der Waals surface area contributed by atoms with E-state index in [4.69, 9.17) is 9.47 Å². The molecule has 0 bridgehead atoms. The molecule has 2 aliphatic rings. The third kappa shape index (κ3) is 2.81. The van der Waals surface area contributed by atoms with Crippen molar-refractivity contribution in [2.24, 2.45) is 5.92 Å². The number of ether oxygens (including phenoxy) is 2. The van der Waals surface area contributed by atoms with E-state index in [0.29, 0.717) is 17.8 Å². The van der Waals surface area contributed by atoms with E-state index in [9.17, 15) is 0 Å². The molecule has 132 valence electrons. The van der Waals surface area contributed by atoms with Gasteiger partial charge < -0.3 is 14.4 Å². The average molecular weight is 337 g/mol. The van der Waals surface area contributed by atoms with Crippen molar-refractivity contribution >= 4 is 0 Å². The number of fused-ring (bicyclic) bond motifs is 3. The molecule has 0 amide bonds. The number of likely N-dealkylation sites (tertiary alicyclic amines) is 1. The zero-order valence-electron chi connectivity index (χ0n) is 15.4. The molecular weight excluding hydrogens is 310 g/mol. The van der Waals surface area contributed by atoms with Crippen LogP contribution in [0, 0.1) is 5.92 Å². The highest BCUT2D eigenvalue weighted by Gasteiger charge is 2.43. The van der Waals surface area contributed by atoms with Crippen LogP contribution in [-0.2, 0) is 6.42 Å². The lowest BCUT2D eigenvalue weighted by Gasteiger charge is -2.36. The average Bonchev–Trinajstić information content (AvgIpc) is 3.11. The predicted molar refractivity (Wildman–Crippen MR) is 101 cm³/mol. The van der Waals surface area contributed by atoms with E-state index in [0.717, 1.165) is 31.0 Å². The lowest BCUT2D eigenvalue weighted by atomic mass is 9.68. The first-order chi connectivity index (χ1) is 12.2. The molecule has 3 heteroatoms. The molecule has 1 fully saturated rings. The molecule has 0 saturated carbocycles. The Kier molecular flexibility index (Phi) is 4.43. The van der Waals surface area contributed by atoms with Gasteiger partial charge in [-0.2, -0.15) is 0 Å². The molecule has 0 radical (unpaired) electrons. The van der Waals surface area contributed by atoms with Crippen molar-refractivity contribution in [3.8, 4) is 11.5 Å². The molecule has 0 aromatic heterocycles. The minimum atomic E-state index is 0.577. The molecule has 1 aliphatic carbocycles. The number of likely N-dealkylation sites (N-methyl/N-ethyl adjacent to an activating group) is 1. The van der Waals surface area contributed by atoms with Crippen molar-refractivity contribution in [1.29, 1.82) is 0 Å². The molecule has 1 aliphatic heterocycles. The van der Waals surface area contributed by atoms with Crippen molar-refractivity contribution in [1.82, 2.24) is 4.90 Å². The second-order valence-corrected chi connectivity index (χ2v) is 7.25. The van der Waals surface area contributed by atoms with E-state index < -0.39 is 0 Å². The van der Waals surface area contributed by atoms with Gasteiger partial charge in [0.1, 0.15) is 0 Å². The standard InChI is InChI=1S/C22H27NO2/c1-4-23-13-19-17(15-8-6-5-7-9-15)10-16-11-21(24-2)22(25-3)12-18(16)20(19)14-23/h5-9,11-12,17,19-20H,4,10,13-14H2,1-3H3. The molecule has 4 rings (SSSR count). The topological polar surface area (TPSA) is 21.7 Å². The number of methoxy groups -OCH3 is 2. The summed E-state index contributed by atoms with van der Waals surface area (Å²) in [6.07, 6.45) is 1.08. The number of benzene rings is 2. The van der Waals surface area contributed by atoms with Crippen LogP contribution in [0.4, 0.5) is 0 Å². The Morgan fingerprint density at radius 1 is 0.960 bits per heavy atom. The van der Waals surface area contributed by atoms with Crippen LogP contribution in [0.1, 0.15) is 35.4 Å². The lowest BCUT2D eigenvalue weighted by Crippen LogP contribution is -2.28. The fourth-order valence-corrected chi connectivity index (χ4v) is 4.82. The van der Waals surface area contributed by atoms with Gasteiger partial charge in [0, 0.05) is 19.0 Å². The van der Waals surface area contributed by atoms with Crippen molar-refractivity contribution in [3.05, 3.63) is 59.2 Å². The lowest BCUT2D eigenvalue weighted by molar-refractivity contribution is 0.323. The van der Waals surface area contributed by atoms with Gasteiger partial charge in [-0.05, 0) is 53.6 Å². The van der Waals surface area contributed by atoms with Gasteiger partial charge in [0.15, 0.2) is 11.5 Å². The Bertz CT molecular complexity index is 743. The molecular formula is C22H27NO2. The number of nitrogens with zero attached hydrogens (tertiary/aromatic N) is 1. The Labute approximate surface area is 150 Å². The van der Waals surface area contributed by atoms with Crippen molar-refractivity contribution in [3.63, 3.8) is 0 Å². The zero-order chi connectivity index (χ0) is 17.4. The summed E-state index contributed by atoms with van der Waals surface area (Å²) in [7, 11) is 3.45. The van der Waals surface area contributed by atoms with Gasteiger partial charge in [-0.1, -0.05) is 37.3 Å². The molecule has 3 nitrogen and oxygen atoms in total. The van der Waals surface area contributed by atoms with Crippen LogP contribution in [0.15, 0.2) is 42.5 Å². The monoisotopic (exact) mass is 337 g/mol. The Morgan fingerprint density at radius 2 is 1.68 bits per heavy atom. The quantitative estimate of drug-likeness (QED) is 0.839. The van der Waals surface area contributed by atoms with Gasteiger partial charge in [-0.3, -0.25) is 0 Å². The van der Waals surface area contributed by atoms with Crippen LogP contribution in [0.25, 0.3) is 0 Å². The first kappa shape index (κ1) is 16.5. The SMILES string of the molecule is CCN1CC2c3cc(OC)c(OC)cc3CC(c3ccccc3)C2C1. The molecule has 2 aromatic rings. The number of hydrogen-bond donors (Lipinski definition) is 0. The van der Waals surface area contributed by atoms with Crippen LogP contribution in [0.5, 0.6) is 11.5 Å². The predicted octanol–water partition coefficient (Wildman–Crippen LogP) is 4.08. The summed E-state index contributed by atoms with van der Waals surface area (Å²) in [5, 5.41) is 0. The molecule has 25 heavy (non-hydrogen) atoms. The van der Waals surface area contributed by atoms with Crippen LogP contribution < -0.4 is 9.47 Å². The second-order valence-electron chi connectivity index (χ2n) is 7.25. The minimum Gasteiger partial charge on any atom is -0.493 e. The van der Waals surface area contributed by atoms with Crippen molar-refractivity contribution in [2.45, 2.75) is 25.2 Å².